The molecule has 1 heterocycles. The lowest BCUT2D eigenvalue weighted by molar-refractivity contribution is 0.413. The Morgan fingerprint density at radius 3 is 1.93 bits per heavy atom. The van der Waals surface area contributed by atoms with Crippen LogP contribution >= 0.6 is 11.6 Å². The van der Waals surface area contributed by atoms with E-state index >= 15 is 0 Å². The highest BCUT2D eigenvalue weighted by atomic mass is 35.5. The molecule has 0 aliphatic heterocycles. The summed E-state index contributed by atoms with van der Waals surface area (Å²) in [5.74, 6) is 14.4. The number of methoxy groups -OCH3 is 2. The van der Waals surface area contributed by atoms with Gasteiger partial charge in [-0.25, -0.2) is 0 Å². The molecule has 0 saturated carbocycles. The van der Waals surface area contributed by atoms with E-state index in [0.717, 1.165) is 16.5 Å². The Kier molecular flexibility index (Phi) is 5.66. The van der Waals surface area contributed by atoms with Crippen molar-refractivity contribution in [3.8, 4) is 35.2 Å². The molecule has 0 amide bonds. The van der Waals surface area contributed by atoms with Crippen LogP contribution in [0.3, 0.4) is 0 Å². The lowest BCUT2D eigenvalue weighted by Crippen LogP contribution is -1.87. The molecule has 0 N–H and O–H groups in total. The summed E-state index contributed by atoms with van der Waals surface area (Å²) in [6, 6.07) is 20.7. The number of para-hydroxylation sites is 3. The van der Waals surface area contributed by atoms with Crippen LogP contribution < -0.4 is 9.47 Å². The third kappa shape index (κ3) is 3.85. The number of hydrogen-bond donors (Lipinski definition) is 0. The van der Waals surface area contributed by atoms with Crippen LogP contribution in [0.4, 0.5) is 0 Å². The molecule has 0 unspecified atom stereocenters. The van der Waals surface area contributed by atoms with E-state index in [0.29, 0.717) is 33.4 Å². The molecule has 4 aromatic rings. The van der Waals surface area contributed by atoms with E-state index in [9.17, 15) is 0 Å². The van der Waals surface area contributed by atoms with Crippen LogP contribution in [-0.2, 0) is 0 Å². The van der Waals surface area contributed by atoms with Gasteiger partial charge in [-0.1, -0.05) is 59.7 Å². The first kappa shape index (κ1) is 19.5. The molecule has 4 heteroatoms. The first-order valence-electron chi connectivity index (χ1n) is 9.22. The molecule has 0 bridgehead atoms. The van der Waals surface area contributed by atoms with Crippen molar-refractivity contribution in [2.24, 2.45) is 0 Å². The number of benzene rings is 3. The average molecular weight is 413 g/mol. The topological polar surface area (TPSA) is 31.6 Å². The number of hydrogen-bond acceptors (Lipinski definition) is 3. The van der Waals surface area contributed by atoms with Crippen LogP contribution in [0.2, 0.25) is 5.02 Å². The van der Waals surface area contributed by atoms with Crippen molar-refractivity contribution < 1.29 is 13.9 Å². The summed E-state index contributed by atoms with van der Waals surface area (Å²) in [4.78, 5) is 0. The molecule has 146 valence electrons. The number of furan rings is 1. The van der Waals surface area contributed by atoms with Gasteiger partial charge in [0.05, 0.1) is 35.9 Å². The Labute approximate surface area is 180 Å². The Morgan fingerprint density at radius 1 is 0.700 bits per heavy atom. The SMILES string of the molecule is COc1ccccc1C#Cc1oc2c(Cl)cccc2c1C#Cc1ccccc1OC. The van der Waals surface area contributed by atoms with Gasteiger partial charge in [-0.2, -0.15) is 0 Å². The Balaban J connectivity index is 1.87. The third-order valence-electron chi connectivity index (χ3n) is 4.51. The first-order chi connectivity index (χ1) is 14.7. The number of fused-ring (bicyclic) bond motifs is 1. The van der Waals surface area contributed by atoms with E-state index in [2.05, 4.69) is 23.7 Å². The van der Waals surface area contributed by atoms with Gasteiger partial charge in [0.2, 0.25) is 0 Å². The molecule has 0 fully saturated rings. The highest BCUT2D eigenvalue weighted by Gasteiger charge is 2.13. The molecule has 1 aromatic heterocycles. The molecule has 0 saturated heterocycles. The van der Waals surface area contributed by atoms with Crippen molar-refractivity contribution in [3.05, 3.63) is 94.2 Å². The lowest BCUT2D eigenvalue weighted by atomic mass is 10.1. The predicted molar refractivity (Wildman–Crippen MR) is 119 cm³/mol. The normalized spacial score (nSPS) is 9.97. The minimum Gasteiger partial charge on any atom is -0.495 e. The molecule has 0 aliphatic rings. The molecule has 0 spiro atoms. The quantitative estimate of drug-likeness (QED) is 0.384. The molecule has 30 heavy (non-hydrogen) atoms. The van der Waals surface area contributed by atoms with E-state index in [-0.39, 0.29) is 0 Å². The zero-order valence-electron chi connectivity index (χ0n) is 16.5. The standard InChI is InChI=1S/C26H17ClO3/c1-28-23-12-5-3-8-18(23)14-16-20-21-10-7-11-22(27)26(21)30-25(20)17-15-19-9-4-6-13-24(19)29-2/h3-13H,1-2H3. The van der Waals surface area contributed by atoms with Crippen molar-refractivity contribution >= 4 is 22.6 Å². The van der Waals surface area contributed by atoms with Crippen LogP contribution in [-0.4, -0.2) is 14.2 Å². The van der Waals surface area contributed by atoms with Crippen LogP contribution in [0.25, 0.3) is 11.0 Å². The van der Waals surface area contributed by atoms with Gasteiger partial charge >= 0.3 is 0 Å². The maximum atomic E-state index is 6.34. The fourth-order valence-electron chi connectivity index (χ4n) is 3.05. The van der Waals surface area contributed by atoms with Gasteiger partial charge in [0.25, 0.3) is 0 Å². The molecular weight excluding hydrogens is 396 g/mol. The summed E-state index contributed by atoms with van der Waals surface area (Å²) in [5, 5.41) is 1.33. The minimum atomic E-state index is 0.450. The van der Waals surface area contributed by atoms with Crippen LogP contribution in [0.5, 0.6) is 11.5 Å². The van der Waals surface area contributed by atoms with Gasteiger partial charge in [-0.05, 0) is 42.3 Å². The average Bonchev–Trinajstić information content (AvgIpc) is 3.15. The third-order valence-corrected chi connectivity index (χ3v) is 4.81. The maximum absolute atomic E-state index is 6.34. The Morgan fingerprint density at radius 2 is 1.30 bits per heavy atom. The summed E-state index contributed by atoms with van der Waals surface area (Å²) >= 11 is 6.34. The van der Waals surface area contributed by atoms with Crippen LogP contribution in [0.15, 0.2) is 71.1 Å². The zero-order chi connectivity index (χ0) is 20.9. The van der Waals surface area contributed by atoms with Crippen molar-refractivity contribution in [3.63, 3.8) is 0 Å². The van der Waals surface area contributed by atoms with E-state index in [1.165, 1.54) is 0 Å². The van der Waals surface area contributed by atoms with Crippen LogP contribution in [0.1, 0.15) is 22.5 Å². The van der Waals surface area contributed by atoms with Crippen molar-refractivity contribution in [2.45, 2.75) is 0 Å². The number of ether oxygens (including phenoxy) is 2. The summed E-state index contributed by atoms with van der Waals surface area (Å²) in [7, 11) is 3.24. The molecular formula is C26H17ClO3. The number of rotatable bonds is 2. The van der Waals surface area contributed by atoms with Gasteiger partial charge < -0.3 is 13.9 Å². The molecule has 4 rings (SSSR count). The Hall–Kier alpha value is -3.79. The zero-order valence-corrected chi connectivity index (χ0v) is 17.2. The summed E-state index contributed by atoms with van der Waals surface area (Å²) in [6.07, 6.45) is 0. The maximum Gasteiger partial charge on any atom is 0.194 e. The van der Waals surface area contributed by atoms with Gasteiger partial charge in [0.15, 0.2) is 11.3 Å². The van der Waals surface area contributed by atoms with Crippen LogP contribution in [0, 0.1) is 23.7 Å². The van der Waals surface area contributed by atoms with Gasteiger partial charge in [-0.3, -0.25) is 0 Å². The van der Waals surface area contributed by atoms with Gasteiger partial charge in [0, 0.05) is 5.39 Å². The van der Waals surface area contributed by atoms with E-state index in [1.807, 2.05) is 60.7 Å². The fourth-order valence-corrected chi connectivity index (χ4v) is 3.26. The van der Waals surface area contributed by atoms with E-state index in [4.69, 9.17) is 25.5 Å². The smallest absolute Gasteiger partial charge is 0.194 e. The molecule has 0 atom stereocenters. The first-order valence-corrected chi connectivity index (χ1v) is 9.60. The molecule has 0 aliphatic carbocycles. The lowest BCUT2D eigenvalue weighted by Gasteiger charge is -2.01. The second-order valence-corrected chi connectivity index (χ2v) is 6.73. The molecule has 3 nitrogen and oxygen atoms in total. The largest absolute Gasteiger partial charge is 0.495 e. The second kappa shape index (κ2) is 8.70. The highest BCUT2D eigenvalue weighted by molar-refractivity contribution is 6.35. The Bertz CT molecular complexity index is 1340. The monoisotopic (exact) mass is 412 g/mol. The fraction of sp³-hybridized carbons (Fsp3) is 0.0769. The van der Waals surface area contributed by atoms with E-state index in [1.54, 1.807) is 20.3 Å². The van der Waals surface area contributed by atoms with Crippen molar-refractivity contribution in [1.82, 2.24) is 0 Å². The van der Waals surface area contributed by atoms with Crippen molar-refractivity contribution in [1.29, 1.82) is 0 Å². The summed E-state index contributed by atoms with van der Waals surface area (Å²) < 4.78 is 16.8. The minimum absolute atomic E-state index is 0.450. The van der Waals surface area contributed by atoms with Gasteiger partial charge in [-0.15, -0.1) is 0 Å². The van der Waals surface area contributed by atoms with E-state index < -0.39 is 0 Å². The number of halogens is 1. The second-order valence-electron chi connectivity index (χ2n) is 6.32. The van der Waals surface area contributed by atoms with Gasteiger partial charge in [0.1, 0.15) is 11.5 Å². The molecule has 3 aromatic carbocycles. The summed E-state index contributed by atoms with van der Waals surface area (Å²) in [5.41, 5.74) is 2.78. The highest BCUT2D eigenvalue weighted by Crippen LogP contribution is 2.31. The predicted octanol–water partition coefficient (Wildman–Crippen LogP) is 5.90. The summed E-state index contributed by atoms with van der Waals surface area (Å²) in [6.45, 7) is 0. The van der Waals surface area contributed by atoms with Crippen molar-refractivity contribution in [2.75, 3.05) is 14.2 Å². The molecule has 0 radical (unpaired) electrons.